The Morgan fingerprint density at radius 3 is 2.68 bits per heavy atom. The average molecular weight is 262 g/mol. The van der Waals surface area contributed by atoms with Crippen molar-refractivity contribution in [3.8, 4) is 0 Å². The Bertz CT molecular complexity index is 437. The monoisotopic (exact) mass is 262 g/mol. The van der Waals surface area contributed by atoms with E-state index in [1.807, 2.05) is 18.5 Å². The molecule has 1 aliphatic heterocycles. The zero-order valence-corrected chi connectivity index (χ0v) is 11.0. The summed E-state index contributed by atoms with van der Waals surface area (Å²) >= 11 is 0. The molecule has 0 spiro atoms. The molecule has 0 saturated carbocycles. The van der Waals surface area contributed by atoms with Crippen LogP contribution in [-0.2, 0) is 9.47 Å². The minimum absolute atomic E-state index is 0.300. The Kier molecular flexibility index (Phi) is 4.92. The Morgan fingerprint density at radius 1 is 1.37 bits per heavy atom. The summed E-state index contributed by atoms with van der Waals surface area (Å²) in [4.78, 5) is 18.0. The van der Waals surface area contributed by atoms with Crippen LogP contribution in [-0.4, -0.2) is 50.1 Å². The molecule has 5 heteroatoms. The summed E-state index contributed by atoms with van der Waals surface area (Å²) in [6.07, 6.45) is 1.82. The second kappa shape index (κ2) is 6.89. The fourth-order valence-electron chi connectivity index (χ4n) is 1.74. The molecule has 0 amide bonds. The van der Waals surface area contributed by atoms with Crippen molar-refractivity contribution in [1.82, 2.24) is 4.90 Å². The molecule has 1 fully saturated rings. The van der Waals surface area contributed by atoms with Gasteiger partial charge in [-0.3, -0.25) is 0 Å². The number of carbonyl (C=O) groups is 1. The van der Waals surface area contributed by atoms with Crippen LogP contribution in [0.4, 0.5) is 5.69 Å². The van der Waals surface area contributed by atoms with Crippen molar-refractivity contribution in [3.05, 3.63) is 29.8 Å². The zero-order valence-electron chi connectivity index (χ0n) is 11.0. The molecule has 1 saturated heterocycles. The Labute approximate surface area is 112 Å². The summed E-state index contributed by atoms with van der Waals surface area (Å²) in [7, 11) is 0. The Morgan fingerprint density at radius 2 is 2.05 bits per heavy atom. The van der Waals surface area contributed by atoms with Crippen LogP contribution in [0.15, 0.2) is 29.3 Å². The second-order valence-electron chi connectivity index (χ2n) is 4.16. The number of nitrogens with zero attached hydrogens (tertiary/aromatic N) is 2. The van der Waals surface area contributed by atoms with Crippen LogP contribution in [0.3, 0.4) is 0 Å². The summed E-state index contributed by atoms with van der Waals surface area (Å²) in [6.45, 7) is 5.39. The summed E-state index contributed by atoms with van der Waals surface area (Å²) < 4.78 is 10.2. The van der Waals surface area contributed by atoms with Gasteiger partial charge in [0.25, 0.3) is 0 Å². The van der Waals surface area contributed by atoms with E-state index in [0.717, 1.165) is 32.0 Å². The summed E-state index contributed by atoms with van der Waals surface area (Å²) in [5.74, 6) is -0.300. The molecule has 0 unspecified atom stereocenters. The van der Waals surface area contributed by atoms with Crippen LogP contribution in [0.1, 0.15) is 17.3 Å². The van der Waals surface area contributed by atoms with Crippen LogP contribution in [0.5, 0.6) is 0 Å². The van der Waals surface area contributed by atoms with Gasteiger partial charge in [-0.25, -0.2) is 9.79 Å². The predicted octanol–water partition coefficient (Wildman–Crippen LogP) is 1.86. The molecule has 0 aromatic heterocycles. The van der Waals surface area contributed by atoms with Crippen molar-refractivity contribution in [1.29, 1.82) is 0 Å². The molecule has 5 nitrogen and oxygen atoms in total. The van der Waals surface area contributed by atoms with Gasteiger partial charge in [0, 0.05) is 13.1 Å². The molecule has 2 rings (SSSR count). The normalized spacial score (nSPS) is 15.7. The molecule has 0 atom stereocenters. The first-order valence-electron chi connectivity index (χ1n) is 6.43. The highest BCUT2D eigenvalue weighted by Gasteiger charge is 2.07. The average Bonchev–Trinajstić information content (AvgIpc) is 2.47. The minimum Gasteiger partial charge on any atom is -0.462 e. The van der Waals surface area contributed by atoms with Gasteiger partial charge in [0.2, 0.25) is 0 Å². The quantitative estimate of drug-likeness (QED) is 0.472. The minimum atomic E-state index is -0.300. The van der Waals surface area contributed by atoms with Crippen LogP contribution in [0.25, 0.3) is 0 Å². The number of hydrogen-bond donors (Lipinski definition) is 0. The molecule has 102 valence electrons. The van der Waals surface area contributed by atoms with Gasteiger partial charge in [0.05, 0.1) is 37.4 Å². The summed E-state index contributed by atoms with van der Waals surface area (Å²) in [5, 5.41) is 0. The highest BCUT2D eigenvalue weighted by Crippen LogP contribution is 2.13. The molecule has 0 aliphatic carbocycles. The van der Waals surface area contributed by atoms with Crippen molar-refractivity contribution in [2.45, 2.75) is 6.92 Å². The van der Waals surface area contributed by atoms with E-state index in [1.165, 1.54) is 0 Å². The van der Waals surface area contributed by atoms with Crippen molar-refractivity contribution >= 4 is 18.0 Å². The standard InChI is InChI=1S/C14H18N2O3/c1-2-19-14(17)12-3-5-13(6-4-12)15-11-16-7-9-18-10-8-16/h3-6,11H,2,7-10H2,1H3. The topological polar surface area (TPSA) is 51.1 Å². The highest BCUT2D eigenvalue weighted by molar-refractivity contribution is 5.89. The number of carbonyl (C=O) groups excluding carboxylic acids is 1. The Hall–Kier alpha value is -1.88. The number of esters is 1. The third-order valence-electron chi connectivity index (χ3n) is 2.79. The zero-order chi connectivity index (χ0) is 13.5. The van der Waals surface area contributed by atoms with Gasteiger partial charge in [-0.2, -0.15) is 0 Å². The number of aliphatic imine (C=N–C) groups is 1. The predicted molar refractivity (Wildman–Crippen MR) is 72.9 cm³/mol. The van der Waals surface area contributed by atoms with Crippen molar-refractivity contribution in [3.63, 3.8) is 0 Å². The molecular formula is C14H18N2O3. The van der Waals surface area contributed by atoms with Crippen LogP contribution in [0.2, 0.25) is 0 Å². The van der Waals surface area contributed by atoms with Gasteiger partial charge in [-0.1, -0.05) is 0 Å². The van der Waals surface area contributed by atoms with E-state index >= 15 is 0 Å². The number of hydrogen-bond acceptors (Lipinski definition) is 4. The third kappa shape index (κ3) is 4.06. The lowest BCUT2D eigenvalue weighted by molar-refractivity contribution is 0.0526. The van der Waals surface area contributed by atoms with Gasteiger partial charge in [0.1, 0.15) is 0 Å². The van der Waals surface area contributed by atoms with Crippen molar-refractivity contribution in [2.24, 2.45) is 4.99 Å². The van der Waals surface area contributed by atoms with E-state index in [0.29, 0.717) is 12.2 Å². The molecule has 0 radical (unpaired) electrons. The fraction of sp³-hybridized carbons (Fsp3) is 0.429. The molecule has 0 N–H and O–H groups in total. The number of morpholine rings is 1. The smallest absolute Gasteiger partial charge is 0.338 e. The van der Waals surface area contributed by atoms with Crippen LogP contribution >= 0.6 is 0 Å². The molecular weight excluding hydrogens is 244 g/mol. The first kappa shape index (κ1) is 13.5. The van der Waals surface area contributed by atoms with Gasteiger partial charge < -0.3 is 14.4 Å². The Balaban J connectivity index is 1.94. The lowest BCUT2D eigenvalue weighted by atomic mass is 10.2. The molecule has 1 aromatic rings. The summed E-state index contributed by atoms with van der Waals surface area (Å²) in [6, 6.07) is 7.07. The lowest BCUT2D eigenvalue weighted by Gasteiger charge is -2.24. The first-order valence-corrected chi connectivity index (χ1v) is 6.43. The number of benzene rings is 1. The highest BCUT2D eigenvalue weighted by atomic mass is 16.5. The van der Waals surface area contributed by atoms with Gasteiger partial charge >= 0.3 is 5.97 Å². The third-order valence-corrected chi connectivity index (χ3v) is 2.79. The number of rotatable bonds is 4. The molecule has 0 bridgehead atoms. The maximum absolute atomic E-state index is 11.5. The van der Waals surface area contributed by atoms with Gasteiger partial charge in [0.15, 0.2) is 0 Å². The largest absolute Gasteiger partial charge is 0.462 e. The van der Waals surface area contributed by atoms with Crippen LogP contribution in [0, 0.1) is 0 Å². The van der Waals surface area contributed by atoms with Crippen LogP contribution < -0.4 is 0 Å². The lowest BCUT2D eigenvalue weighted by Crippen LogP contribution is -2.34. The van der Waals surface area contributed by atoms with Gasteiger partial charge in [-0.15, -0.1) is 0 Å². The van der Waals surface area contributed by atoms with Crippen molar-refractivity contribution in [2.75, 3.05) is 32.9 Å². The van der Waals surface area contributed by atoms with Crippen molar-refractivity contribution < 1.29 is 14.3 Å². The first-order chi connectivity index (χ1) is 9.29. The van der Waals surface area contributed by atoms with E-state index in [-0.39, 0.29) is 5.97 Å². The second-order valence-corrected chi connectivity index (χ2v) is 4.16. The van der Waals surface area contributed by atoms with E-state index in [1.54, 1.807) is 19.1 Å². The maximum atomic E-state index is 11.5. The van der Waals surface area contributed by atoms with E-state index in [9.17, 15) is 4.79 Å². The van der Waals surface area contributed by atoms with E-state index in [2.05, 4.69) is 9.89 Å². The van der Waals surface area contributed by atoms with E-state index < -0.39 is 0 Å². The molecule has 1 aliphatic rings. The van der Waals surface area contributed by atoms with Gasteiger partial charge in [-0.05, 0) is 31.2 Å². The fourth-order valence-corrected chi connectivity index (χ4v) is 1.74. The van der Waals surface area contributed by atoms with E-state index in [4.69, 9.17) is 9.47 Å². The molecule has 1 aromatic carbocycles. The summed E-state index contributed by atoms with van der Waals surface area (Å²) in [5.41, 5.74) is 1.37. The number of ether oxygens (including phenoxy) is 2. The molecule has 1 heterocycles. The SMILES string of the molecule is CCOC(=O)c1ccc(N=CN2CCOCC2)cc1. The molecule has 19 heavy (non-hydrogen) atoms. The maximum Gasteiger partial charge on any atom is 0.338 e.